The minimum atomic E-state index is -0.418. The highest BCUT2D eigenvalue weighted by molar-refractivity contribution is 5.76. The highest BCUT2D eigenvalue weighted by Gasteiger charge is 2.18. The number of hydrogen-bond donors (Lipinski definition) is 1. The van der Waals surface area contributed by atoms with Gasteiger partial charge in [-0.3, -0.25) is 4.79 Å². The number of fused-ring (bicyclic) bond motifs is 1. The van der Waals surface area contributed by atoms with E-state index >= 15 is 0 Å². The molecule has 3 aromatic heterocycles. The van der Waals surface area contributed by atoms with Crippen LogP contribution in [0.3, 0.4) is 0 Å². The number of rotatable bonds is 8. The third-order valence-corrected chi connectivity index (χ3v) is 5.40. The molecule has 0 fully saturated rings. The van der Waals surface area contributed by atoms with E-state index in [-0.39, 0.29) is 18.3 Å². The maximum atomic E-state index is 12.8. The number of aromatic nitrogens is 5. The molecule has 5 rings (SSSR count). The van der Waals surface area contributed by atoms with Crippen LogP contribution in [0.1, 0.15) is 12.0 Å². The third kappa shape index (κ3) is 4.49. The van der Waals surface area contributed by atoms with Crippen molar-refractivity contribution in [3.63, 3.8) is 0 Å². The van der Waals surface area contributed by atoms with Gasteiger partial charge in [-0.1, -0.05) is 65.8 Å². The zero-order valence-corrected chi connectivity index (χ0v) is 18.3. The zero-order valence-electron chi connectivity index (χ0n) is 18.3. The molecule has 0 aliphatic carbocycles. The molecule has 9 nitrogen and oxygen atoms in total. The molecule has 9 heteroatoms. The fraction of sp³-hybridized carbons (Fsp3) is 0.160. The molecule has 0 saturated carbocycles. The molecule has 0 aliphatic rings. The van der Waals surface area contributed by atoms with Crippen LogP contribution in [-0.2, 0) is 17.8 Å². The quantitative estimate of drug-likeness (QED) is 0.361. The smallest absolute Gasteiger partial charge is 0.350 e. The number of pyridine rings is 1. The SMILES string of the molecule is O=C(Cn1nc2c(-c3nc(-c4ccccc4)no3)cccn2c1=O)NCCCc1ccccc1. The minimum Gasteiger partial charge on any atom is -0.354 e. The van der Waals surface area contributed by atoms with Crippen LogP contribution in [0.2, 0.25) is 0 Å². The summed E-state index contributed by atoms with van der Waals surface area (Å²) in [6, 6.07) is 23.0. The number of nitrogens with zero attached hydrogens (tertiary/aromatic N) is 5. The molecule has 1 amide bonds. The van der Waals surface area contributed by atoms with Crippen LogP contribution in [0.5, 0.6) is 0 Å². The first-order chi connectivity index (χ1) is 16.7. The number of benzene rings is 2. The molecule has 34 heavy (non-hydrogen) atoms. The van der Waals surface area contributed by atoms with Crippen molar-refractivity contribution in [1.29, 1.82) is 0 Å². The largest absolute Gasteiger partial charge is 0.354 e. The van der Waals surface area contributed by atoms with Crippen LogP contribution in [0, 0.1) is 0 Å². The highest BCUT2D eigenvalue weighted by Crippen LogP contribution is 2.24. The maximum Gasteiger partial charge on any atom is 0.350 e. The van der Waals surface area contributed by atoms with E-state index in [2.05, 4.69) is 32.7 Å². The van der Waals surface area contributed by atoms with Crippen LogP contribution < -0.4 is 11.0 Å². The number of aryl methyl sites for hydroxylation is 1. The summed E-state index contributed by atoms with van der Waals surface area (Å²) in [7, 11) is 0. The summed E-state index contributed by atoms with van der Waals surface area (Å²) in [4.78, 5) is 29.7. The Hall–Kier alpha value is -4.53. The zero-order chi connectivity index (χ0) is 23.3. The first kappa shape index (κ1) is 21.3. The van der Waals surface area contributed by atoms with Gasteiger partial charge >= 0.3 is 5.69 Å². The van der Waals surface area contributed by atoms with Crippen LogP contribution in [-0.4, -0.2) is 36.8 Å². The van der Waals surface area contributed by atoms with E-state index in [9.17, 15) is 9.59 Å². The normalized spacial score (nSPS) is 11.1. The van der Waals surface area contributed by atoms with Gasteiger partial charge < -0.3 is 9.84 Å². The molecule has 0 unspecified atom stereocenters. The Morgan fingerprint density at radius 1 is 0.971 bits per heavy atom. The molecule has 0 aliphatic heterocycles. The van der Waals surface area contributed by atoms with Gasteiger partial charge in [0.1, 0.15) is 6.54 Å². The van der Waals surface area contributed by atoms with Crippen molar-refractivity contribution in [2.45, 2.75) is 19.4 Å². The number of carbonyl (C=O) groups excluding carboxylic acids is 1. The van der Waals surface area contributed by atoms with Crippen molar-refractivity contribution in [2.75, 3.05) is 6.54 Å². The van der Waals surface area contributed by atoms with Crippen LogP contribution in [0.4, 0.5) is 0 Å². The number of carbonyl (C=O) groups is 1. The van der Waals surface area contributed by atoms with Crippen LogP contribution in [0.25, 0.3) is 28.5 Å². The Morgan fingerprint density at radius 2 is 1.74 bits per heavy atom. The van der Waals surface area contributed by atoms with E-state index in [0.29, 0.717) is 23.6 Å². The maximum absolute atomic E-state index is 12.8. The van der Waals surface area contributed by atoms with Gasteiger partial charge in [0.05, 0.1) is 5.56 Å². The fourth-order valence-corrected chi connectivity index (χ4v) is 3.70. The van der Waals surface area contributed by atoms with Gasteiger partial charge in [0.15, 0.2) is 5.65 Å². The molecule has 0 atom stereocenters. The predicted octanol–water partition coefficient (Wildman–Crippen LogP) is 2.96. The van der Waals surface area contributed by atoms with Gasteiger partial charge in [-0.2, -0.15) is 4.98 Å². The van der Waals surface area contributed by atoms with Gasteiger partial charge in [-0.25, -0.2) is 13.9 Å². The highest BCUT2D eigenvalue weighted by atomic mass is 16.5. The standard InChI is InChI=1S/C25H22N6O3/c32-21(26-15-7-11-18-9-3-1-4-10-18)17-31-25(33)30-16-8-14-20(23(30)28-31)24-27-22(29-34-24)19-12-5-2-6-13-19/h1-6,8-10,12-14,16H,7,11,15,17H2,(H,26,32). The van der Waals surface area contributed by atoms with E-state index in [1.54, 1.807) is 18.3 Å². The molecular formula is C25H22N6O3. The fourth-order valence-electron chi connectivity index (χ4n) is 3.70. The second-order valence-electron chi connectivity index (χ2n) is 7.78. The van der Waals surface area contributed by atoms with Gasteiger partial charge in [0, 0.05) is 18.3 Å². The number of amides is 1. The van der Waals surface area contributed by atoms with Gasteiger partial charge in [0.2, 0.25) is 11.7 Å². The molecule has 0 spiro atoms. The van der Waals surface area contributed by atoms with Crippen molar-refractivity contribution in [3.05, 3.63) is 95.0 Å². The third-order valence-electron chi connectivity index (χ3n) is 5.40. The second kappa shape index (κ2) is 9.53. The average Bonchev–Trinajstić information content (AvgIpc) is 3.49. The lowest BCUT2D eigenvalue weighted by atomic mass is 10.1. The van der Waals surface area contributed by atoms with Crippen LogP contribution in [0.15, 0.2) is 88.3 Å². The van der Waals surface area contributed by atoms with Crippen molar-refractivity contribution in [2.24, 2.45) is 0 Å². The number of hydrogen-bond acceptors (Lipinski definition) is 6. The van der Waals surface area contributed by atoms with E-state index < -0.39 is 5.69 Å². The minimum absolute atomic E-state index is 0.176. The van der Waals surface area contributed by atoms with Gasteiger partial charge in [0.25, 0.3) is 5.89 Å². The monoisotopic (exact) mass is 454 g/mol. The van der Waals surface area contributed by atoms with Gasteiger partial charge in [-0.15, -0.1) is 5.10 Å². The van der Waals surface area contributed by atoms with Crippen molar-refractivity contribution >= 4 is 11.6 Å². The molecule has 2 aromatic carbocycles. The lowest BCUT2D eigenvalue weighted by Gasteiger charge is -2.05. The first-order valence-corrected chi connectivity index (χ1v) is 11.0. The topological polar surface area (TPSA) is 107 Å². The summed E-state index contributed by atoms with van der Waals surface area (Å²) in [6.07, 6.45) is 3.27. The molecule has 0 bridgehead atoms. The summed E-state index contributed by atoms with van der Waals surface area (Å²) >= 11 is 0. The van der Waals surface area contributed by atoms with E-state index in [0.717, 1.165) is 23.1 Å². The summed E-state index contributed by atoms with van der Waals surface area (Å²) in [5.41, 5.74) is 2.47. The molecule has 170 valence electrons. The Bertz CT molecular complexity index is 1470. The van der Waals surface area contributed by atoms with E-state index in [1.165, 1.54) is 9.96 Å². The van der Waals surface area contributed by atoms with E-state index in [1.807, 2.05) is 48.5 Å². The summed E-state index contributed by atoms with van der Waals surface area (Å²) < 4.78 is 7.94. The molecule has 5 aromatic rings. The lowest BCUT2D eigenvalue weighted by Crippen LogP contribution is -2.33. The van der Waals surface area contributed by atoms with Gasteiger partial charge in [-0.05, 0) is 30.5 Å². The lowest BCUT2D eigenvalue weighted by molar-refractivity contribution is -0.121. The number of nitrogens with one attached hydrogen (secondary N) is 1. The molecular weight excluding hydrogens is 432 g/mol. The predicted molar refractivity (Wildman–Crippen MR) is 126 cm³/mol. The summed E-state index contributed by atoms with van der Waals surface area (Å²) in [5, 5.41) is 11.3. The Morgan fingerprint density at radius 3 is 2.53 bits per heavy atom. The Balaban J connectivity index is 1.30. The Labute approximate surface area is 194 Å². The average molecular weight is 454 g/mol. The summed E-state index contributed by atoms with van der Waals surface area (Å²) in [5.74, 6) is 0.408. The van der Waals surface area contributed by atoms with Crippen molar-refractivity contribution < 1.29 is 9.32 Å². The van der Waals surface area contributed by atoms with Crippen molar-refractivity contribution in [3.8, 4) is 22.8 Å². The van der Waals surface area contributed by atoms with Crippen molar-refractivity contribution in [1.82, 2.24) is 29.6 Å². The molecule has 1 N–H and O–H groups in total. The first-order valence-electron chi connectivity index (χ1n) is 11.0. The molecule has 0 saturated heterocycles. The Kier molecular flexibility index (Phi) is 5.98. The van der Waals surface area contributed by atoms with E-state index in [4.69, 9.17) is 4.52 Å². The van der Waals surface area contributed by atoms with Crippen LogP contribution >= 0.6 is 0 Å². The molecule has 3 heterocycles. The summed E-state index contributed by atoms with van der Waals surface area (Å²) in [6.45, 7) is 0.343. The second-order valence-corrected chi connectivity index (χ2v) is 7.78. The molecule has 0 radical (unpaired) electrons.